The Hall–Kier alpha value is -2.77. The number of amides is 1. The predicted molar refractivity (Wildman–Crippen MR) is 102 cm³/mol. The van der Waals surface area contributed by atoms with Gasteiger partial charge in [0.05, 0.1) is 18.8 Å². The number of anilines is 1. The number of halogens is 1. The van der Waals surface area contributed by atoms with Gasteiger partial charge in [-0.05, 0) is 37.3 Å². The van der Waals surface area contributed by atoms with Crippen LogP contribution in [0.15, 0.2) is 48.5 Å². The van der Waals surface area contributed by atoms with E-state index in [1.165, 1.54) is 30.0 Å². The fraction of sp³-hybridized carbons (Fsp3) is 0.333. The summed E-state index contributed by atoms with van der Waals surface area (Å²) in [6, 6.07) is 12.7. The molecule has 1 aliphatic rings. The highest BCUT2D eigenvalue weighted by Gasteiger charge is 2.20. The van der Waals surface area contributed by atoms with E-state index in [0.717, 1.165) is 38.4 Å². The Morgan fingerprint density at radius 1 is 1.18 bits per heavy atom. The molecule has 2 N–H and O–H groups in total. The van der Waals surface area contributed by atoms with Crippen LogP contribution in [-0.4, -0.2) is 44.3 Å². The summed E-state index contributed by atoms with van der Waals surface area (Å²) in [5.41, 5.74) is 1.82. The van der Waals surface area contributed by atoms with E-state index in [1.807, 2.05) is 12.1 Å². The van der Waals surface area contributed by atoms with Crippen molar-refractivity contribution in [3.8, 4) is 0 Å². The minimum Gasteiger partial charge on any atom is -0.449 e. The molecule has 3 rings (SSSR count). The molecular formula is C21H24FN2O4+. The average molecular weight is 387 g/mol. The van der Waals surface area contributed by atoms with Gasteiger partial charge >= 0.3 is 5.97 Å². The van der Waals surface area contributed by atoms with Crippen LogP contribution in [0.3, 0.4) is 0 Å². The molecule has 1 aliphatic heterocycles. The average Bonchev–Trinajstić information content (AvgIpc) is 2.69. The zero-order chi connectivity index (χ0) is 19.9. The first-order chi connectivity index (χ1) is 13.5. The highest BCUT2D eigenvalue weighted by molar-refractivity contribution is 5.97. The van der Waals surface area contributed by atoms with Crippen LogP contribution in [0.1, 0.15) is 22.8 Å². The van der Waals surface area contributed by atoms with Crippen LogP contribution in [0.4, 0.5) is 10.1 Å². The second-order valence-corrected chi connectivity index (χ2v) is 6.78. The largest absolute Gasteiger partial charge is 0.449 e. The number of carbonyl (C=O) groups excluding carboxylic acids is 2. The quantitative estimate of drug-likeness (QED) is 0.736. The van der Waals surface area contributed by atoms with Crippen molar-refractivity contribution >= 4 is 17.6 Å². The van der Waals surface area contributed by atoms with E-state index in [0.29, 0.717) is 11.3 Å². The molecule has 7 heteroatoms. The van der Waals surface area contributed by atoms with E-state index in [4.69, 9.17) is 9.47 Å². The molecule has 1 atom stereocenters. The normalized spacial score (nSPS) is 15.6. The van der Waals surface area contributed by atoms with Gasteiger partial charge in [0, 0.05) is 11.3 Å². The summed E-state index contributed by atoms with van der Waals surface area (Å²) in [6.45, 7) is 5.85. The number of ether oxygens (including phenoxy) is 2. The van der Waals surface area contributed by atoms with E-state index >= 15 is 0 Å². The number of hydrogen-bond donors (Lipinski definition) is 2. The van der Waals surface area contributed by atoms with Crippen LogP contribution >= 0.6 is 0 Å². The third kappa shape index (κ3) is 5.61. The Balaban J connectivity index is 1.52. The maximum absolute atomic E-state index is 13.2. The second-order valence-electron chi connectivity index (χ2n) is 6.78. The van der Waals surface area contributed by atoms with Gasteiger partial charge in [-0.25, -0.2) is 9.18 Å². The minimum absolute atomic E-state index is 0.308. The molecule has 0 aromatic heterocycles. The van der Waals surface area contributed by atoms with Gasteiger partial charge in [0.1, 0.15) is 25.5 Å². The summed E-state index contributed by atoms with van der Waals surface area (Å²) in [5, 5.41) is 2.52. The van der Waals surface area contributed by atoms with Crippen molar-refractivity contribution in [1.82, 2.24) is 0 Å². The molecule has 2 aromatic carbocycles. The predicted octanol–water partition coefficient (Wildman–Crippen LogP) is 1.42. The Labute approximate surface area is 163 Å². The SMILES string of the molecule is C[C@H](OC(=O)c1ccc(C[NH+]2CCOCC2)cc1)C(=O)Nc1cccc(F)c1. The van der Waals surface area contributed by atoms with Crippen LogP contribution in [-0.2, 0) is 20.8 Å². The van der Waals surface area contributed by atoms with Gasteiger partial charge in [0.2, 0.25) is 0 Å². The second kappa shape index (κ2) is 9.43. The third-order valence-corrected chi connectivity index (χ3v) is 4.59. The smallest absolute Gasteiger partial charge is 0.338 e. The van der Waals surface area contributed by atoms with E-state index < -0.39 is 23.8 Å². The fourth-order valence-electron chi connectivity index (χ4n) is 2.98. The molecule has 1 amide bonds. The van der Waals surface area contributed by atoms with E-state index in [2.05, 4.69) is 5.32 Å². The van der Waals surface area contributed by atoms with Crippen molar-refractivity contribution < 1.29 is 28.4 Å². The molecule has 1 fully saturated rings. The molecule has 0 unspecified atom stereocenters. The van der Waals surface area contributed by atoms with Crippen molar-refractivity contribution in [2.24, 2.45) is 0 Å². The highest BCUT2D eigenvalue weighted by atomic mass is 19.1. The summed E-state index contributed by atoms with van der Waals surface area (Å²) in [4.78, 5) is 25.9. The maximum Gasteiger partial charge on any atom is 0.338 e. The van der Waals surface area contributed by atoms with Crippen molar-refractivity contribution in [1.29, 1.82) is 0 Å². The van der Waals surface area contributed by atoms with Gasteiger partial charge in [-0.3, -0.25) is 4.79 Å². The number of morpholine rings is 1. The number of rotatable bonds is 6. The Bertz CT molecular complexity index is 819. The zero-order valence-electron chi connectivity index (χ0n) is 15.7. The van der Waals surface area contributed by atoms with Crippen molar-refractivity contribution in [2.45, 2.75) is 19.6 Å². The number of esters is 1. The number of nitrogens with one attached hydrogen (secondary N) is 2. The number of quaternary nitrogens is 1. The lowest BCUT2D eigenvalue weighted by atomic mass is 10.1. The van der Waals surface area contributed by atoms with Gasteiger partial charge < -0.3 is 19.7 Å². The van der Waals surface area contributed by atoms with E-state index in [9.17, 15) is 14.0 Å². The summed E-state index contributed by atoms with van der Waals surface area (Å²) >= 11 is 0. The van der Waals surface area contributed by atoms with Crippen molar-refractivity contribution in [3.05, 3.63) is 65.5 Å². The first-order valence-corrected chi connectivity index (χ1v) is 9.29. The lowest BCUT2D eigenvalue weighted by Gasteiger charge is -2.23. The molecule has 0 radical (unpaired) electrons. The molecule has 28 heavy (non-hydrogen) atoms. The number of benzene rings is 2. The number of hydrogen-bond acceptors (Lipinski definition) is 4. The maximum atomic E-state index is 13.2. The first-order valence-electron chi connectivity index (χ1n) is 9.29. The summed E-state index contributed by atoms with van der Waals surface area (Å²) < 4.78 is 23.8. The summed E-state index contributed by atoms with van der Waals surface area (Å²) in [7, 11) is 0. The van der Waals surface area contributed by atoms with Gasteiger partial charge in [0.15, 0.2) is 6.10 Å². The van der Waals surface area contributed by atoms with Crippen LogP contribution in [0.2, 0.25) is 0 Å². The zero-order valence-corrected chi connectivity index (χ0v) is 15.7. The molecule has 6 nitrogen and oxygen atoms in total. The fourth-order valence-corrected chi connectivity index (χ4v) is 2.98. The van der Waals surface area contributed by atoms with Crippen molar-refractivity contribution in [2.75, 3.05) is 31.6 Å². The molecule has 0 aliphatic carbocycles. The van der Waals surface area contributed by atoms with Gasteiger partial charge in [-0.1, -0.05) is 18.2 Å². The standard InChI is InChI=1S/C21H23FN2O4/c1-15(20(25)23-19-4-2-3-18(22)13-19)28-21(26)17-7-5-16(6-8-17)14-24-9-11-27-12-10-24/h2-8,13,15H,9-12,14H2,1H3,(H,23,25)/p+1/t15-/m0/s1. The molecule has 2 aromatic rings. The van der Waals surface area contributed by atoms with Crippen LogP contribution in [0, 0.1) is 5.82 Å². The van der Waals surface area contributed by atoms with Crippen LogP contribution < -0.4 is 10.2 Å². The molecular weight excluding hydrogens is 363 g/mol. The third-order valence-electron chi connectivity index (χ3n) is 4.59. The summed E-state index contributed by atoms with van der Waals surface area (Å²) in [5.74, 6) is -1.56. The Morgan fingerprint density at radius 2 is 1.89 bits per heavy atom. The van der Waals surface area contributed by atoms with E-state index in [-0.39, 0.29) is 0 Å². The molecule has 1 saturated heterocycles. The van der Waals surface area contributed by atoms with E-state index in [1.54, 1.807) is 18.2 Å². The minimum atomic E-state index is -1.01. The number of carbonyl (C=O) groups is 2. The molecule has 0 spiro atoms. The van der Waals surface area contributed by atoms with Crippen LogP contribution in [0.5, 0.6) is 0 Å². The summed E-state index contributed by atoms with van der Waals surface area (Å²) in [6.07, 6.45) is -1.01. The van der Waals surface area contributed by atoms with Gasteiger partial charge in [-0.2, -0.15) is 0 Å². The molecule has 0 saturated carbocycles. The Morgan fingerprint density at radius 3 is 2.57 bits per heavy atom. The van der Waals surface area contributed by atoms with Crippen LogP contribution in [0.25, 0.3) is 0 Å². The molecule has 1 heterocycles. The Kier molecular flexibility index (Phi) is 6.73. The molecule has 0 bridgehead atoms. The lowest BCUT2D eigenvalue weighted by molar-refractivity contribution is -0.921. The first kappa shape index (κ1) is 20.0. The molecule has 148 valence electrons. The monoisotopic (exact) mass is 387 g/mol. The topological polar surface area (TPSA) is 69.1 Å². The van der Waals surface area contributed by atoms with Crippen molar-refractivity contribution in [3.63, 3.8) is 0 Å². The van der Waals surface area contributed by atoms with Gasteiger partial charge in [0.25, 0.3) is 5.91 Å². The highest BCUT2D eigenvalue weighted by Crippen LogP contribution is 2.11. The van der Waals surface area contributed by atoms with Gasteiger partial charge in [-0.15, -0.1) is 0 Å². The lowest BCUT2D eigenvalue weighted by Crippen LogP contribution is -3.12.